The first kappa shape index (κ1) is 37.4. The predicted octanol–water partition coefficient (Wildman–Crippen LogP) is 13.8. The zero-order chi connectivity index (χ0) is 42.1. The quantitative estimate of drug-likeness (QED) is 0.142. The smallest absolute Gasteiger partial charge is 0.164 e. The van der Waals surface area contributed by atoms with Crippen LogP contribution in [0.3, 0.4) is 0 Å². The van der Waals surface area contributed by atoms with Crippen molar-refractivity contribution >= 4 is 21.5 Å². The number of nitrogens with zero attached hydrogens (tertiary/aromatic N) is 6. The van der Waals surface area contributed by atoms with Gasteiger partial charge in [0.15, 0.2) is 34.9 Å². The van der Waals surface area contributed by atoms with Crippen LogP contribution < -0.4 is 0 Å². The van der Waals surface area contributed by atoms with E-state index in [1.807, 2.05) is 109 Å². The summed E-state index contributed by atoms with van der Waals surface area (Å²) in [6, 6.07) is 70.2. The summed E-state index contributed by atoms with van der Waals surface area (Å²) in [5.74, 6) is 2.87. The van der Waals surface area contributed by atoms with Gasteiger partial charge in [0.2, 0.25) is 0 Å². The highest BCUT2D eigenvalue weighted by atomic mass is 19.1. The lowest BCUT2D eigenvalue weighted by molar-refractivity contribution is 0.628. The molecule has 63 heavy (non-hydrogen) atoms. The monoisotopic (exact) mass is 810 g/mol. The molecular formula is C56H35FN6. The van der Waals surface area contributed by atoms with E-state index in [2.05, 4.69) is 78.9 Å². The molecule has 0 radical (unpaired) electrons. The van der Waals surface area contributed by atoms with Gasteiger partial charge in [0.1, 0.15) is 5.82 Å². The van der Waals surface area contributed by atoms with E-state index in [0.717, 1.165) is 66.2 Å². The second kappa shape index (κ2) is 16.1. The van der Waals surface area contributed by atoms with Crippen molar-refractivity contribution in [2.45, 2.75) is 0 Å². The number of hydrogen-bond donors (Lipinski definition) is 0. The molecule has 0 spiro atoms. The molecule has 11 rings (SSSR count). The molecule has 0 atom stereocenters. The normalized spacial score (nSPS) is 11.3. The minimum absolute atomic E-state index is 0.330. The van der Waals surface area contributed by atoms with Crippen molar-refractivity contribution in [2.75, 3.05) is 0 Å². The lowest BCUT2D eigenvalue weighted by atomic mass is 9.86. The van der Waals surface area contributed by atoms with Crippen LogP contribution in [0.4, 0.5) is 4.39 Å². The number of halogens is 1. The fourth-order valence-corrected chi connectivity index (χ4v) is 8.21. The van der Waals surface area contributed by atoms with Gasteiger partial charge in [-0.15, -0.1) is 0 Å². The van der Waals surface area contributed by atoms with Crippen LogP contribution in [0.1, 0.15) is 0 Å². The van der Waals surface area contributed by atoms with Gasteiger partial charge in [-0.1, -0.05) is 176 Å². The number of hydrogen-bond acceptors (Lipinski definition) is 6. The summed E-state index contributed by atoms with van der Waals surface area (Å²) >= 11 is 0. The third-order valence-electron chi connectivity index (χ3n) is 11.3. The Hall–Kier alpha value is -8.55. The van der Waals surface area contributed by atoms with Crippen LogP contribution in [0.5, 0.6) is 0 Å². The van der Waals surface area contributed by atoms with Crippen LogP contribution in [0.2, 0.25) is 0 Å². The first-order valence-electron chi connectivity index (χ1n) is 20.7. The molecule has 296 valence electrons. The largest absolute Gasteiger partial charge is 0.208 e. The van der Waals surface area contributed by atoms with Crippen LogP contribution in [-0.4, -0.2) is 29.9 Å². The van der Waals surface area contributed by atoms with Crippen LogP contribution in [0.25, 0.3) is 112 Å². The summed E-state index contributed by atoms with van der Waals surface area (Å²) in [5, 5.41) is 4.58. The maximum atomic E-state index is 14.2. The summed E-state index contributed by atoms with van der Waals surface area (Å²) in [4.78, 5) is 30.3. The highest BCUT2D eigenvalue weighted by molar-refractivity contribution is 6.15. The van der Waals surface area contributed by atoms with Gasteiger partial charge in [-0.05, 0) is 80.2 Å². The molecule has 0 amide bonds. The molecule has 11 aromatic rings. The Morgan fingerprint density at radius 2 is 0.635 bits per heavy atom. The molecule has 0 unspecified atom stereocenters. The highest BCUT2D eigenvalue weighted by Crippen LogP contribution is 2.44. The average molecular weight is 811 g/mol. The van der Waals surface area contributed by atoms with Crippen molar-refractivity contribution in [3.05, 3.63) is 218 Å². The summed E-state index contributed by atoms with van der Waals surface area (Å²) in [6.45, 7) is 0. The van der Waals surface area contributed by atoms with Crippen LogP contribution in [-0.2, 0) is 0 Å². The van der Waals surface area contributed by atoms with Crippen molar-refractivity contribution in [1.82, 2.24) is 29.9 Å². The Kier molecular flexibility index (Phi) is 9.59. The van der Waals surface area contributed by atoms with Gasteiger partial charge in [0, 0.05) is 33.4 Å². The van der Waals surface area contributed by atoms with Gasteiger partial charge < -0.3 is 0 Å². The fourth-order valence-electron chi connectivity index (χ4n) is 8.21. The SMILES string of the molecule is Fc1ccc(-c2nc(-c3ccccc3)nc(-c3ccccc3-c3ccc(-c4nc(-c5ccccc5)nc(-c5ccccc5)n4)cc3-c3cc4ccccc4c4ccccc34)n2)cc1. The standard InChI is InChI=1S/C56H35FN6/c57-42-31-28-39(29-32-42)54-59-53(38-20-8-3-9-21-38)62-56(63-54)48-27-15-14-25-45(48)47-33-30-41(35-50(47)49-34-40-22-10-11-23-43(40)44-24-12-13-26-46(44)49)55-60-51(36-16-4-1-5-17-36)58-52(61-55)37-18-6-2-7-19-37/h1-35H. The first-order chi connectivity index (χ1) is 31.1. The fraction of sp³-hybridized carbons (Fsp3) is 0. The molecule has 0 saturated heterocycles. The van der Waals surface area contributed by atoms with E-state index in [-0.39, 0.29) is 5.82 Å². The lowest BCUT2D eigenvalue weighted by Crippen LogP contribution is -2.02. The Labute approximate surface area is 363 Å². The maximum absolute atomic E-state index is 14.2. The predicted molar refractivity (Wildman–Crippen MR) is 252 cm³/mol. The molecule has 0 aliphatic carbocycles. The van der Waals surface area contributed by atoms with Crippen LogP contribution in [0.15, 0.2) is 212 Å². The molecule has 0 aliphatic rings. The van der Waals surface area contributed by atoms with Crippen molar-refractivity contribution < 1.29 is 4.39 Å². The van der Waals surface area contributed by atoms with Gasteiger partial charge in [0.05, 0.1) is 0 Å². The minimum atomic E-state index is -0.330. The van der Waals surface area contributed by atoms with E-state index >= 15 is 0 Å². The average Bonchev–Trinajstić information content (AvgIpc) is 3.36. The van der Waals surface area contributed by atoms with Crippen LogP contribution >= 0.6 is 0 Å². The van der Waals surface area contributed by atoms with Crippen molar-refractivity contribution in [2.24, 2.45) is 0 Å². The van der Waals surface area contributed by atoms with Crippen molar-refractivity contribution in [3.63, 3.8) is 0 Å². The Morgan fingerprint density at radius 3 is 1.21 bits per heavy atom. The molecular weight excluding hydrogens is 776 g/mol. The zero-order valence-corrected chi connectivity index (χ0v) is 33.8. The van der Waals surface area contributed by atoms with E-state index in [1.165, 1.54) is 17.5 Å². The molecule has 2 heterocycles. The summed E-state index contributed by atoms with van der Waals surface area (Å²) < 4.78 is 14.2. The van der Waals surface area contributed by atoms with E-state index < -0.39 is 0 Å². The maximum Gasteiger partial charge on any atom is 0.164 e. The molecule has 0 saturated carbocycles. The van der Waals surface area contributed by atoms with Crippen LogP contribution in [0, 0.1) is 5.82 Å². The Bertz CT molecular complexity index is 3390. The van der Waals surface area contributed by atoms with E-state index in [4.69, 9.17) is 29.9 Å². The topological polar surface area (TPSA) is 77.3 Å². The molecule has 2 aromatic heterocycles. The van der Waals surface area contributed by atoms with Gasteiger partial charge >= 0.3 is 0 Å². The lowest BCUT2D eigenvalue weighted by Gasteiger charge is -2.18. The van der Waals surface area contributed by atoms with Gasteiger partial charge in [0.25, 0.3) is 0 Å². The molecule has 7 heteroatoms. The number of fused-ring (bicyclic) bond motifs is 3. The first-order valence-corrected chi connectivity index (χ1v) is 20.7. The number of benzene rings is 9. The third kappa shape index (κ3) is 7.28. The number of rotatable bonds is 8. The van der Waals surface area contributed by atoms with Gasteiger partial charge in [-0.3, -0.25) is 0 Å². The minimum Gasteiger partial charge on any atom is -0.208 e. The Balaban J connectivity index is 1.17. The summed E-state index contributed by atoms with van der Waals surface area (Å²) in [6.07, 6.45) is 0. The third-order valence-corrected chi connectivity index (χ3v) is 11.3. The van der Waals surface area contributed by atoms with E-state index in [1.54, 1.807) is 12.1 Å². The van der Waals surface area contributed by atoms with E-state index in [9.17, 15) is 4.39 Å². The summed E-state index contributed by atoms with van der Waals surface area (Å²) in [5.41, 5.74) is 8.93. The highest BCUT2D eigenvalue weighted by Gasteiger charge is 2.21. The summed E-state index contributed by atoms with van der Waals surface area (Å²) in [7, 11) is 0. The second-order valence-corrected chi connectivity index (χ2v) is 15.2. The Morgan fingerprint density at radius 1 is 0.238 bits per heavy atom. The van der Waals surface area contributed by atoms with Gasteiger partial charge in [-0.2, -0.15) is 0 Å². The molecule has 6 nitrogen and oxygen atoms in total. The molecule has 0 fully saturated rings. The number of aromatic nitrogens is 6. The van der Waals surface area contributed by atoms with E-state index in [0.29, 0.717) is 40.5 Å². The van der Waals surface area contributed by atoms with Crippen molar-refractivity contribution in [3.8, 4) is 90.6 Å². The molecule has 0 bridgehead atoms. The van der Waals surface area contributed by atoms with Gasteiger partial charge in [-0.25, -0.2) is 34.3 Å². The molecule has 0 aliphatic heterocycles. The second-order valence-electron chi connectivity index (χ2n) is 15.2. The molecule has 0 N–H and O–H groups in total. The molecule has 9 aromatic carbocycles. The van der Waals surface area contributed by atoms with Crippen molar-refractivity contribution in [1.29, 1.82) is 0 Å². The zero-order valence-electron chi connectivity index (χ0n) is 33.8.